The zero-order chi connectivity index (χ0) is 14.3. The van der Waals surface area contributed by atoms with E-state index >= 15 is 0 Å². The number of nitrogens with one attached hydrogen (secondary N) is 1. The summed E-state index contributed by atoms with van der Waals surface area (Å²) in [6, 6.07) is 5.44. The van der Waals surface area contributed by atoms with Gasteiger partial charge in [-0.15, -0.1) is 0 Å². The number of nitriles is 1. The number of rotatable bonds is 3. The number of amides is 1. The van der Waals surface area contributed by atoms with Crippen molar-refractivity contribution in [2.45, 2.75) is 37.1 Å². The van der Waals surface area contributed by atoms with Crippen molar-refractivity contribution >= 4 is 5.91 Å². The minimum Gasteiger partial charge on any atom is -0.338 e. The minimum atomic E-state index is -0.731. The summed E-state index contributed by atoms with van der Waals surface area (Å²) in [6.07, 6.45) is 2.77. The molecule has 1 aromatic rings. The van der Waals surface area contributed by atoms with Crippen LogP contribution in [0.4, 0.5) is 8.78 Å². The summed E-state index contributed by atoms with van der Waals surface area (Å²) in [7, 11) is 0. The fourth-order valence-electron chi connectivity index (χ4n) is 2.75. The quantitative estimate of drug-likeness (QED) is 0.922. The highest BCUT2D eigenvalue weighted by atomic mass is 19.1. The lowest BCUT2D eigenvalue weighted by Gasteiger charge is -2.35. The van der Waals surface area contributed by atoms with E-state index in [1.54, 1.807) is 0 Å². The van der Waals surface area contributed by atoms with E-state index in [2.05, 4.69) is 11.4 Å². The van der Waals surface area contributed by atoms with E-state index in [1.165, 1.54) is 0 Å². The summed E-state index contributed by atoms with van der Waals surface area (Å²) in [5.41, 5.74) is -0.477. The molecule has 3 nitrogen and oxygen atoms in total. The second-order valence-electron chi connectivity index (χ2n) is 5.65. The highest BCUT2D eigenvalue weighted by molar-refractivity contribution is 5.84. The highest BCUT2D eigenvalue weighted by Gasteiger charge is 2.48. The first kappa shape index (κ1) is 13.0. The highest BCUT2D eigenvalue weighted by Crippen LogP contribution is 2.49. The molecule has 3 rings (SSSR count). The Morgan fingerprint density at radius 2 is 2.15 bits per heavy atom. The fourth-order valence-corrected chi connectivity index (χ4v) is 2.75. The van der Waals surface area contributed by atoms with Crippen LogP contribution in [0.1, 0.15) is 37.2 Å². The normalized spacial score (nSPS) is 26.2. The number of hydrogen-bond acceptors (Lipinski definition) is 2. The van der Waals surface area contributed by atoms with Crippen LogP contribution < -0.4 is 5.32 Å². The average Bonchev–Trinajstić information content (AvgIpc) is 3.17. The van der Waals surface area contributed by atoms with Gasteiger partial charge < -0.3 is 5.32 Å². The molecular weight excluding hydrogens is 262 g/mol. The third-order valence-electron chi connectivity index (χ3n) is 4.27. The number of carbonyl (C=O) groups excluding carboxylic acids is 1. The van der Waals surface area contributed by atoms with Crippen LogP contribution in [0.15, 0.2) is 18.2 Å². The number of hydrogen-bond donors (Lipinski definition) is 1. The van der Waals surface area contributed by atoms with Crippen LogP contribution in [0.25, 0.3) is 0 Å². The molecule has 20 heavy (non-hydrogen) atoms. The maximum atomic E-state index is 13.6. The zero-order valence-corrected chi connectivity index (χ0v) is 10.8. The molecular formula is C15H14F2N2O. The standard InChI is InChI=1S/C15H14F2N2O/c16-9-2-3-13(17)11(6-9)10-7-12(10)14(20)19-15(8-18)4-1-5-15/h2-3,6,10,12H,1,4-5,7H2,(H,19,20). The molecule has 1 amide bonds. The molecule has 5 heteroatoms. The van der Waals surface area contributed by atoms with Gasteiger partial charge in [0.15, 0.2) is 0 Å². The minimum absolute atomic E-state index is 0.222. The lowest BCUT2D eigenvalue weighted by molar-refractivity contribution is -0.124. The summed E-state index contributed by atoms with van der Waals surface area (Å²) in [5, 5.41) is 11.8. The summed E-state index contributed by atoms with van der Waals surface area (Å²) in [4.78, 5) is 12.1. The molecule has 0 aromatic heterocycles. The zero-order valence-electron chi connectivity index (χ0n) is 10.8. The monoisotopic (exact) mass is 276 g/mol. The van der Waals surface area contributed by atoms with Gasteiger partial charge in [-0.1, -0.05) is 0 Å². The molecule has 2 aliphatic rings. The van der Waals surface area contributed by atoms with E-state index in [-0.39, 0.29) is 23.3 Å². The van der Waals surface area contributed by atoms with Crippen molar-refractivity contribution in [3.8, 4) is 6.07 Å². The largest absolute Gasteiger partial charge is 0.338 e. The van der Waals surface area contributed by atoms with E-state index in [0.717, 1.165) is 24.6 Å². The summed E-state index contributed by atoms with van der Waals surface area (Å²) >= 11 is 0. The molecule has 0 aliphatic heterocycles. The third kappa shape index (κ3) is 2.15. The van der Waals surface area contributed by atoms with Gasteiger partial charge in [-0.2, -0.15) is 5.26 Å². The van der Waals surface area contributed by atoms with Crippen LogP contribution in [-0.2, 0) is 4.79 Å². The van der Waals surface area contributed by atoms with Crippen molar-refractivity contribution < 1.29 is 13.6 Å². The Morgan fingerprint density at radius 3 is 2.75 bits per heavy atom. The van der Waals surface area contributed by atoms with Crippen LogP contribution in [-0.4, -0.2) is 11.4 Å². The Hall–Kier alpha value is -1.96. The molecule has 0 bridgehead atoms. The van der Waals surface area contributed by atoms with Crippen LogP contribution in [0.2, 0.25) is 0 Å². The van der Waals surface area contributed by atoms with Crippen LogP contribution in [0, 0.1) is 28.9 Å². The first-order valence-corrected chi connectivity index (χ1v) is 6.73. The number of carbonyl (C=O) groups is 1. The molecule has 104 valence electrons. The van der Waals surface area contributed by atoms with Gasteiger partial charge in [-0.25, -0.2) is 8.78 Å². The molecule has 0 saturated heterocycles. The summed E-state index contributed by atoms with van der Waals surface area (Å²) in [6.45, 7) is 0. The van der Waals surface area contributed by atoms with E-state index in [0.29, 0.717) is 19.3 Å². The lowest BCUT2D eigenvalue weighted by atomic mass is 9.78. The predicted octanol–water partition coefficient (Wildman–Crippen LogP) is 2.63. The van der Waals surface area contributed by atoms with Gasteiger partial charge in [0, 0.05) is 5.92 Å². The van der Waals surface area contributed by atoms with Gasteiger partial charge in [-0.05, 0) is 55.4 Å². The first-order chi connectivity index (χ1) is 9.54. The molecule has 0 heterocycles. The Kier molecular flexibility index (Phi) is 2.97. The second kappa shape index (κ2) is 4.55. The SMILES string of the molecule is N#CC1(NC(=O)C2CC2c2cc(F)ccc2F)CCC1. The maximum absolute atomic E-state index is 13.6. The van der Waals surface area contributed by atoms with Crippen LogP contribution in [0.3, 0.4) is 0 Å². The molecule has 0 radical (unpaired) electrons. The van der Waals surface area contributed by atoms with E-state index in [9.17, 15) is 13.6 Å². The topological polar surface area (TPSA) is 52.9 Å². The van der Waals surface area contributed by atoms with Crippen molar-refractivity contribution in [3.63, 3.8) is 0 Å². The molecule has 1 aromatic carbocycles. The molecule has 2 atom stereocenters. The molecule has 2 fully saturated rings. The maximum Gasteiger partial charge on any atom is 0.224 e. The van der Waals surface area contributed by atoms with Gasteiger partial charge in [0.2, 0.25) is 5.91 Å². The van der Waals surface area contributed by atoms with E-state index in [1.807, 2.05) is 0 Å². The Bertz CT molecular complexity index is 604. The van der Waals surface area contributed by atoms with Crippen molar-refractivity contribution in [2.75, 3.05) is 0 Å². The molecule has 2 saturated carbocycles. The van der Waals surface area contributed by atoms with Gasteiger partial charge in [-0.3, -0.25) is 4.79 Å². The molecule has 2 unspecified atom stereocenters. The van der Waals surface area contributed by atoms with Crippen molar-refractivity contribution in [3.05, 3.63) is 35.4 Å². The third-order valence-corrected chi connectivity index (χ3v) is 4.27. The van der Waals surface area contributed by atoms with Crippen molar-refractivity contribution in [2.24, 2.45) is 5.92 Å². The second-order valence-corrected chi connectivity index (χ2v) is 5.65. The van der Waals surface area contributed by atoms with Crippen LogP contribution in [0.5, 0.6) is 0 Å². The number of halogens is 2. The van der Waals surface area contributed by atoms with Gasteiger partial charge in [0.25, 0.3) is 0 Å². The van der Waals surface area contributed by atoms with E-state index in [4.69, 9.17) is 5.26 Å². The summed E-state index contributed by atoms with van der Waals surface area (Å²) < 4.78 is 26.8. The van der Waals surface area contributed by atoms with Crippen LogP contribution >= 0.6 is 0 Å². The molecule has 2 aliphatic carbocycles. The Morgan fingerprint density at radius 1 is 1.40 bits per heavy atom. The predicted molar refractivity (Wildman–Crippen MR) is 67.5 cm³/mol. The fraction of sp³-hybridized carbons (Fsp3) is 0.467. The molecule has 1 N–H and O–H groups in total. The smallest absolute Gasteiger partial charge is 0.224 e. The molecule has 0 spiro atoms. The lowest BCUT2D eigenvalue weighted by Crippen LogP contribution is -2.52. The van der Waals surface area contributed by atoms with Crippen molar-refractivity contribution in [1.82, 2.24) is 5.32 Å². The number of benzene rings is 1. The summed E-state index contributed by atoms with van der Waals surface area (Å²) in [5.74, 6) is -1.83. The Labute approximate surface area is 115 Å². The average molecular weight is 276 g/mol. The van der Waals surface area contributed by atoms with E-state index < -0.39 is 17.2 Å². The number of nitrogens with zero attached hydrogens (tertiary/aromatic N) is 1. The van der Waals surface area contributed by atoms with Gasteiger partial charge >= 0.3 is 0 Å². The first-order valence-electron chi connectivity index (χ1n) is 6.73. The van der Waals surface area contributed by atoms with Gasteiger partial charge in [0.05, 0.1) is 6.07 Å². The van der Waals surface area contributed by atoms with Gasteiger partial charge in [0.1, 0.15) is 17.2 Å². The van der Waals surface area contributed by atoms with Crippen molar-refractivity contribution in [1.29, 1.82) is 5.26 Å². The Balaban J connectivity index is 1.68.